The van der Waals surface area contributed by atoms with Crippen LogP contribution in [0.15, 0.2) is 17.6 Å². The van der Waals surface area contributed by atoms with Gasteiger partial charge in [0.05, 0.1) is 18.3 Å². The molecule has 31 heavy (non-hydrogen) atoms. The molecule has 0 radical (unpaired) electrons. The fourth-order valence-corrected chi connectivity index (χ4v) is 4.19. The average Bonchev–Trinajstić information content (AvgIpc) is 3.25. The minimum Gasteiger partial charge on any atom is -0.466 e. The molecule has 170 valence electrons. The molecule has 1 amide bonds. The van der Waals surface area contributed by atoms with E-state index in [1.165, 1.54) is 24.3 Å². The first-order chi connectivity index (χ1) is 14.4. The molecule has 1 fully saturated rings. The van der Waals surface area contributed by atoms with Gasteiger partial charge in [0.2, 0.25) is 5.88 Å². The van der Waals surface area contributed by atoms with Gasteiger partial charge in [0.15, 0.2) is 6.10 Å². The lowest BCUT2D eigenvalue weighted by molar-refractivity contribution is -0.0635. The number of carbonyl (C=O) groups excluding carboxylic acids is 1. The van der Waals surface area contributed by atoms with E-state index < -0.39 is 29.3 Å². The summed E-state index contributed by atoms with van der Waals surface area (Å²) in [5.74, 6) is -0.395. The van der Waals surface area contributed by atoms with Crippen molar-refractivity contribution in [2.75, 3.05) is 6.61 Å². The highest BCUT2D eigenvalue weighted by Crippen LogP contribution is 2.37. The molecular formula is C21H27ClFN3O4S. The molecule has 2 aromatic rings. The molecule has 1 aliphatic rings. The monoisotopic (exact) mass is 471 g/mol. The summed E-state index contributed by atoms with van der Waals surface area (Å²) in [6.45, 7) is 10.9. The summed E-state index contributed by atoms with van der Waals surface area (Å²) in [5.41, 5.74) is -1.31. The van der Waals surface area contributed by atoms with Crippen LogP contribution in [0.5, 0.6) is 5.88 Å². The Labute approximate surface area is 190 Å². The SMILES string of the molecule is Cc1nc(O[C@H](C[C@H]2COC(C)(C)N2C(=O)OC(C)(C)C)c2nccs2)c(Cl)cc1F. The number of aryl methyl sites for hydroxylation is 1. The smallest absolute Gasteiger partial charge is 0.412 e. The number of hydrogen-bond donors (Lipinski definition) is 0. The van der Waals surface area contributed by atoms with E-state index in [-0.39, 0.29) is 22.6 Å². The van der Waals surface area contributed by atoms with Crippen LogP contribution in [0, 0.1) is 12.7 Å². The molecule has 10 heteroatoms. The first kappa shape index (κ1) is 23.7. The minimum atomic E-state index is -0.844. The Morgan fingerprint density at radius 3 is 2.81 bits per heavy atom. The van der Waals surface area contributed by atoms with Crippen molar-refractivity contribution in [1.29, 1.82) is 0 Å². The largest absolute Gasteiger partial charge is 0.466 e. The highest BCUT2D eigenvalue weighted by atomic mass is 35.5. The topological polar surface area (TPSA) is 73.8 Å². The number of thiazole rings is 1. The second-order valence-corrected chi connectivity index (χ2v) is 10.2. The Bertz CT molecular complexity index is 933. The van der Waals surface area contributed by atoms with Crippen molar-refractivity contribution >= 4 is 29.0 Å². The van der Waals surface area contributed by atoms with Gasteiger partial charge in [0, 0.05) is 18.0 Å². The second kappa shape index (κ2) is 8.88. The number of pyridine rings is 1. The van der Waals surface area contributed by atoms with Gasteiger partial charge in [0.1, 0.15) is 27.2 Å². The zero-order chi connectivity index (χ0) is 23.0. The van der Waals surface area contributed by atoms with Gasteiger partial charge >= 0.3 is 6.09 Å². The lowest BCUT2D eigenvalue weighted by Gasteiger charge is -2.35. The van der Waals surface area contributed by atoms with Gasteiger partial charge in [-0.1, -0.05) is 11.6 Å². The predicted octanol–water partition coefficient (Wildman–Crippen LogP) is 5.52. The normalized spacial score (nSPS) is 19.4. The van der Waals surface area contributed by atoms with Gasteiger partial charge in [-0.2, -0.15) is 0 Å². The third-order valence-electron chi connectivity index (χ3n) is 4.70. The van der Waals surface area contributed by atoms with Crippen LogP contribution in [-0.2, 0) is 9.47 Å². The van der Waals surface area contributed by atoms with Gasteiger partial charge < -0.3 is 14.2 Å². The van der Waals surface area contributed by atoms with Crippen LogP contribution in [0.2, 0.25) is 5.02 Å². The van der Waals surface area contributed by atoms with E-state index in [9.17, 15) is 9.18 Å². The van der Waals surface area contributed by atoms with Crippen LogP contribution in [0.4, 0.5) is 9.18 Å². The van der Waals surface area contributed by atoms with E-state index in [1.54, 1.807) is 11.1 Å². The Morgan fingerprint density at radius 2 is 2.19 bits per heavy atom. The summed E-state index contributed by atoms with van der Waals surface area (Å²) in [6, 6.07) is 0.839. The van der Waals surface area contributed by atoms with E-state index in [0.717, 1.165) is 0 Å². The highest BCUT2D eigenvalue weighted by molar-refractivity contribution is 7.09. The molecule has 0 spiro atoms. The highest BCUT2D eigenvalue weighted by Gasteiger charge is 2.47. The van der Waals surface area contributed by atoms with Crippen molar-refractivity contribution in [3.05, 3.63) is 39.2 Å². The van der Waals surface area contributed by atoms with Crippen LogP contribution in [0.25, 0.3) is 0 Å². The zero-order valence-corrected chi connectivity index (χ0v) is 20.0. The summed E-state index contributed by atoms with van der Waals surface area (Å²) < 4.78 is 31.4. The van der Waals surface area contributed by atoms with Gasteiger partial charge in [0.25, 0.3) is 0 Å². The van der Waals surface area contributed by atoms with Crippen LogP contribution < -0.4 is 4.74 Å². The van der Waals surface area contributed by atoms with E-state index >= 15 is 0 Å². The van der Waals surface area contributed by atoms with Crippen molar-refractivity contribution in [2.24, 2.45) is 0 Å². The molecule has 3 rings (SSSR count). The molecule has 0 bridgehead atoms. The minimum absolute atomic E-state index is 0.0663. The molecule has 7 nitrogen and oxygen atoms in total. The number of aromatic nitrogens is 2. The number of ether oxygens (including phenoxy) is 3. The molecule has 1 aliphatic heterocycles. The first-order valence-corrected chi connectivity index (χ1v) is 11.2. The number of hydrogen-bond acceptors (Lipinski definition) is 7. The summed E-state index contributed by atoms with van der Waals surface area (Å²) in [7, 11) is 0. The first-order valence-electron chi connectivity index (χ1n) is 9.92. The number of amides is 1. The van der Waals surface area contributed by atoms with Crippen molar-refractivity contribution in [2.45, 2.75) is 71.4 Å². The Balaban J connectivity index is 1.87. The summed E-state index contributed by atoms with van der Waals surface area (Å²) in [6.07, 6.45) is 1.00. The van der Waals surface area contributed by atoms with Gasteiger partial charge in [-0.3, -0.25) is 4.90 Å². The third-order valence-corrected chi connectivity index (χ3v) is 5.84. The summed E-state index contributed by atoms with van der Waals surface area (Å²) >= 11 is 7.58. The van der Waals surface area contributed by atoms with E-state index in [2.05, 4.69) is 9.97 Å². The number of carbonyl (C=O) groups is 1. The molecule has 2 atom stereocenters. The Morgan fingerprint density at radius 1 is 1.48 bits per heavy atom. The molecule has 0 saturated carbocycles. The van der Waals surface area contributed by atoms with Crippen molar-refractivity contribution in [3.8, 4) is 5.88 Å². The van der Waals surface area contributed by atoms with Crippen LogP contribution in [0.3, 0.4) is 0 Å². The summed E-state index contributed by atoms with van der Waals surface area (Å²) in [5, 5.41) is 2.59. The maximum Gasteiger partial charge on any atom is 0.412 e. The molecule has 0 N–H and O–H groups in total. The van der Waals surface area contributed by atoms with E-state index in [1.807, 2.05) is 40.0 Å². The second-order valence-electron chi connectivity index (χ2n) is 8.82. The number of rotatable bonds is 5. The quantitative estimate of drug-likeness (QED) is 0.571. The molecule has 0 aromatic carbocycles. The predicted molar refractivity (Wildman–Crippen MR) is 116 cm³/mol. The van der Waals surface area contributed by atoms with E-state index in [0.29, 0.717) is 18.0 Å². The maximum absolute atomic E-state index is 13.8. The van der Waals surface area contributed by atoms with Crippen LogP contribution in [0.1, 0.15) is 57.8 Å². The molecule has 0 aliphatic carbocycles. The zero-order valence-electron chi connectivity index (χ0n) is 18.4. The van der Waals surface area contributed by atoms with Gasteiger partial charge in [-0.15, -0.1) is 11.3 Å². The fraction of sp³-hybridized carbons (Fsp3) is 0.571. The van der Waals surface area contributed by atoms with E-state index in [4.69, 9.17) is 25.8 Å². The standard InChI is InChI=1S/C21H27ClFN3O4S/c1-12-15(23)10-14(22)17(25-12)29-16(18-24-7-8-31-18)9-13-11-28-21(5,6)26(13)19(27)30-20(2,3)4/h7-8,10,13,16H,9,11H2,1-6H3/t13-,16+/m0/s1. The molecular weight excluding hydrogens is 445 g/mol. The number of nitrogens with zero attached hydrogens (tertiary/aromatic N) is 3. The van der Waals surface area contributed by atoms with Crippen molar-refractivity contribution in [3.63, 3.8) is 0 Å². The Kier molecular flexibility index (Phi) is 6.78. The van der Waals surface area contributed by atoms with Crippen LogP contribution in [-0.4, -0.2) is 44.9 Å². The lowest BCUT2D eigenvalue weighted by atomic mass is 10.1. The maximum atomic E-state index is 13.8. The third kappa shape index (κ3) is 5.64. The summed E-state index contributed by atoms with van der Waals surface area (Å²) in [4.78, 5) is 23.0. The lowest BCUT2D eigenvalue weighted by Crippen LogP contribution is -2.50. The fourth-order valence-electron chi connectivity index (χ4n) is 3.33. The van der Waals surface area contributed by atoms with Crippen molar-refractivity contribution < 1.29 is 23.4 Å². The van der Waals surface area contributed by atoms with Gasteiger partial charge in [-0.05, 0) is 47.6 Å². The molecule has 0 unspecified atom stereocenters. The van der Waals surface area contributed by atoms with Crippen LogP contribution >= 0.6 is 22.9 Å². The van der Waals surface area contributed by atoms with Gasteiger partial charge in [-0.25, -0.2) is 19.2 Å². The molecule has 2 aromatic heterocycles. The Hall–Kier alpha value is -1.97. The molecule has 1 saturated heterocycles. The average molecular weight is 472 g/mol. The molecule has 3 heterocycles. The van der Waals surface area contributed by atoms with Crippen molar-refractivity contribution in [1.82, 2.24) is 14.9 Å². The number of halogens is 2.